The second-order valence-corrected chi connectivity index (χ2v) is 10.2. The molecule has 0 spiro atoms. The molecule has 0 unspecified atom stereocenters. The standard InChI is InChI=1S/C8H10AsClO2S/c1-9(2)7-4-3-5-8(6-7)13(10,11)12/h3-6H,1-2H3. The third-order valence-corrected chi connectivity index (χ3v) is 5.72. The Bertz CT molecular complexity index is 400. The topological polar surface area (TPSA) is 34.1 Å². The van der Waals surface area contributed by atoms with Gasteiger partial charge in [0.2, 0.25) is 0 Å². The van der Waals surface area contributed by atoms with Gasteiger partial charge >= 0.3 is 87.7 Å². The van der Waals surface area contributed by atoms with Gasteiger partial charge in [0, 0.05) is 0 Å². The van der Waals surface area contributed by atoms with Crippen molar-refractivity contribution in [3.63, 3.8) is 0 Å². The van der Waals surface area contributed by atoms with Crippen LogP contribution < -0.4 is 4.35 Å². The zero-order chi connectivity index (χ0) is 10.1. The van der Waals surface area contributed by atoms with E-state index < -0.39 is 23.7 Å². The van der Waals surface area contributed by atoms with E-state index in [1.807, 2.05) is 6.07 Å². The summed E-state index contributed by atoms with van der Waals surface area (Å²) in [4.78, 5) is 0.203. The third kappa shape index (κ3) is 3.01. The monoisotopic (exact) mass is 280 g/mol. The fraction of sp³-hybridized carbons (Fsp3) is 0.250. The molecule has 0 radical (unpaired) electrons. The summed E-state index contributed by atoms with van der Waals surface area (Å²) < 4.78 is 23.1. The number of hydrogen-bond donors (Lipinski definition) is 0. The predicted molar refractivity (Wildman–Crippen MR) is 56.6 cm³/mol. The predicted octanol–water partition coefficient (Wildman–Crippen LogP) is 1.58. The van der Waals surface area contributed by atoms with Gasteiger partial charge < -0.3 is 0 Å². The Kier molecular flexibility index (Phi) is 3.44. The Labute approximate surface area is 87.6 Å². The van der Waals surface area contributed by atoms with Crippen molar-refractivity contribution < 1.29 is 8.42 Å². The minimum atomic E-state index is -3.56. The average molecular weight is 281 g/mol. The number of benzene rings is 1. The van der Waals surface area contributed by atoms with Gasteiger partial charge in [-0.25, -0.2) is 0 Å². The van der Waals surface area contributed by atoms with Crippen molar-refractivity contribution in [1.82, 2.24) is 0 Å². The first-order valence-electron chi connectivity index (χ1n) is 3.63. The first-order chi connectivity index (χ1) is 5.91. The van der Waals surface area contributed by atoms with Crippen molar-refractivity contribution in [2.24, 2.45) is 0 Å². The summed E-state index contributed by atoms with van der Waals surface area (Å²) in [5.74, 6) is 0. The van der Waals surface area contributed by atoms with E-state index >= 15 is 0 Å². The van der Waals surface area contributed by atoms with Crippen molar-refractivity contribution in [3.8, 4) is 0 Å². The van der Waals surface area contributed by atoms with Gasteiger partial charge in [-0.3, -0.25) is 0 Å². The number of halogens is 1. The molecule has 13 heavy (non-hydrogen) atoms. The van der Waals surface area contributed by atoms with Gasteiger partial charge in [0.15, 0.2) is 0 Å². The molecule has 0 bridgehead atoms. The van der Waals surface area contributed by atoms with Crippen LogP contribution in [-0.2, 0) is 9.05 Å². The zero-order valence-electron chi connectivity index (χ0n) is 7.36. The van der Waals surface area contributed by atoms with E-state index in [4.69, 9.17) is 10.7 Å². The fourth-order valence-electron chi connectivity index (χ4n) is 0.913. The van der Waals surface area contributed by atoms with Crippen LogP contribution in [0.4, 0.5) is 0 Å². The summed E-state index contributed by atoms with van der Waals surface area (Å²) in [5, 5.41) is 0. The van der Waals surface area contributed by atoms with Crippen LogP contribution in [-0.4, -0.2) is 23.1 Å². The Morgan fingerprint density at radius 1 is 1.31 bits per heavy atom. The molecule has 1 aromatic rings. The molecular formula is C8H10AsClO2S. The van der Waals surface area contributed by atoms with E-state index in [0.717, 1.165) is 4.35 Å². The average Bonchev–Trinajstić information content (AvgIpc) is 2.03. The number of rotatable bonds is 2. The van der Waals surface area contributed by atoms with E-state index in [1.165, 1.54) is 6.07 Å². The summed E-state index contributed by atoms with van der Waals surface area (Å²) in [6.45, 7) is 0. The Morgan fingerprint density at radius 2 is 1.92 bits per heavy atom. The van der Waals surface area contributed by atoms with Crippen LogP contribution in [0.2, 0.25) is 11.4 Å². The van der Waals surface area contributed by atoms with Crippen LogP contribution in [0.15, 0.2) is 29.2 Å². The second-order valence-electron chi connectivity index (χ2n) is 2.83. The summed E-state index contributed by atoms with van der Waals surface area (Å²) in [5.41, 5.74) is 4.29. The molecule has 0 N–H and O–H groups in total. The Hall–Kier alpha value is 0.0184. The number of hydrogen-bond acceptors (Lipinski definition) is 2. The molecule has 0 aromatic heterocycles. The van der Waals surface area contributed by atoms with E-state index in [2.05, 4.69) is 11.4 Å². The van der Waals surface area contributed by atoms with Gasteiger partial charge in [-0.15, -0.1) is 0 Å². The molecule has 0 heterocycles. The molecule has 0 atom stereocenters. The molecule has 2 nitrogen and oxygen atoms in total. The van der Waals surface area contributed by atoms with Crippen molar-refractivity contribution in [3.05, 3.63) is 24.3 Å². The summed E-state index contributed by atoms with van der Waals surface area (Å²) >= 11 is -1.01. The molecular weight excluding hydrogens is 271 g/mol. The van der Waals surface area contributed by atoms with Gasteiger partial charge in [0.1, 0.15) is 0 Å². The van der Waals surface area contributed by atoms with Crippen LogP contribution in [0.25, 0.3) is 0 Å². The van der Waals surface area contributed by atoms with Gasteiger partial charge in [-0.2, -0.15) is 0 Å². The molecule has 0 saturated heterocycles. The van der Waals surface area contributed by atoms with Crippen LogP contribution in [0.3, 0.4) is 0 Å². The first-order valence-corrected chi connectivity index (χ1v) is 10.6. The zero-order valence-corrected chi connectivity index (χ0v) is 10.8. The maximum atomic E-state index is 11.0. The van der Waals surface area contributed by atoms with Crippen LogP contribution >= 0.6 is 10.7 Å². The van der Waals surface area contributed by atoms with Crippen LogP contribution in [0.1, 0.15) is 0 Å². The van der Waals surface area contributed by atoms with Crippen LogP contribution in [0.5, 0.6) is 0 Å². The Balaban J connectivity index is 3.21. The van der Waals surface area contributed by atoms with Crippen LogP contribution in [0, 0.1) is 0 Å². The van der Waals surface area contributed by atoms with Gasteiger partial charge in [-0.1, -0.05) is 0 Å². The maximum absolute atomic E-state index is 11.0. The van der Waals surface area contributed by atoms with E-state index in [-0.39, 0.29) is 4.90 Å². The van der Waals surface area contributed by atoms with Gasteiger partial charge in [0.05, 0.1) is 0 Å². The molecule has 5 heteroatoms. The molecule has 1 rings (SSSR count). The molecule has 0 aliphatic rings. The third-order valence-electron chi connectivity index (χ3n) is 1.62. The summed E-state index contributed by atoms with van der Waals surface area (Å²) in [7, 11) is 1.66. The van der Waals surface area contributed by atoms with Crippen molar-refractivity contribution in [2.75, 3.05) is 0 Å². The molecule has 0 aliphatic heterocycles. The quantitative estimate of drug-likeness (QED) is 0.609. The van der Waals surface area contributed by atoms with E-state index in [0.29, 0.717) is 0 Å². The van der Waals surface area contributed by atoms with Gasteiger partial charge in [-0.05, 0) is 0 Å². The normalized spacial score (nSPS) is 12.0. The fourth-order valence-corrected chi connectivity index (χ4v) is 3.54. The molecule has 72 valence electrons. The van der Waals surface area contributed by atoms with Gasteiger partial charge in [0.25, 0.3) is 0 Å². The molecule has 0 aliphatic carbocycles. The second kappa shape index (κ2) is 4.03. The van der Waals surface area contributed by atoms with Crippen molar-refractivity contribution in [1.29, 1.82) is 0 Å². The first kappa shape index (κ1) is 11.1. The van der Waals surface area contributed by atoms with E-state index in [9.17, 15) is 8.42 Å². The minimum absolute atomic E-state index is 0.203. The molecule has 0 fully saturated rings. The summed E-state index contributed by atoms with van der Waals surface area (Å²) in [6.07, 6.45) is 0. The molecule has 1 aromatic carbocycles. The SMILES string of the molecule is C[As](C)c1cccc(S(=O)(=O)Cl)c1. The molecule has 0 amide bonds. The molecule has 0 saturated carbocycles. The Morgan fingerprint density at radius 3 is 2.38 bits per heavy atom. The van der Waals surface area contributed by atoms with E-state index in [1.54, 1.807) is 12.1 Å². The van der Waals surface area contributed by atoms with Crippen molar-refractivity contribution >= 4 is 38.7 Å². The summed E-state index contributed by atoms with van der Waals surface area (Å²) in [6, 6.07) is 6.87. The van der Waals surface area contributed by atoms with Crippen molar-refractivity contribution in [2.45, 2.75) is 16.3 Å².